The molecule has 7 atom stereocenters. The summed E-state index contributed by atoms with van der Waals surface area (Å²) in [7, 11) is 1.88. The first-order valence-electron chi connectivity index (χ1n) is 10.3. The van der Waals surface area contributed by atoms with Crippen LogP contribution in [0.2, 0.25) is 0 Å². The third-order valence-electron chi connectivity index (χ3n) is 4.43. The lowest BCUT2D eigenvalue weighted by atomic mass is 9.98. The minimum atomic E-state index is -0.883. The molecule has 1 aliphatic heterocycles. The molecule has 0 aliphatic carbocycles. The molecule has 8 heteroatoms. The Kier molecular flexibility index (Phi) is 14.7. The number of hydrogen-bond donors (Lipinski definition) is 1. The Morgan fingerprint density at radius 2 is 1.48 bits per heavy atom. The normalized spacial score (nSPS) is 29.8. The van der Waals surface area contributed by atoms with Gasteiger partial charge in [-0.25, -0.2) is 0 Å². The second-order valence-electron chi connectivity index (χ2n) is 6.99. The summed E-state index contributed by atoms with van der Waals surface area (Å²) in [4.78, 5) is 0. The van der Waals surface area contributed by atoms with E-state index in [9.17, 15) is 5.11 Å². The van der Waals surface area contributed by atoms with Crippen LogP contribution in [-0.4, -0.2) is 68.9 Å². The molecular formula is C19H40O6P2. The predicted octanol–water partition coefficient (Wildman–Crippen LogP) is 4.09. The molecule has 0 spiro atoms. The van der Waals surface area contributed by atoms with Crippen molar-refractivity contribution >= 4 is 16.8 Å². The van der Waals surface area contributed by atoms with Crippen LogP contribution in [0.4, 0.5) is 0 Å². The number of ether oxygens (including phenoxy) is 4. The molecule has 0 bridgehead atoms. The van der Waals surface area contributed by atoms with Gasteiger partial charge in [-0.2, -0.15) is 0 Å². The van der Waals surface area contributed by atoms with Crippen molar-refractivity contribution in [3.63, 3.8) is 0 Å². The van der Waals surface area contributed by atoms with E-state index in [0.717, 1.165) is 38.5 Å². The first kappa shape index (κ1) is 25.7. The second-order valence-corrected chi connectivity index (χ2v) is 10.5. The van der Waals surface area contributed by atoms with E-state index in [2.05, 4.69) is 29.7 Å². The van der Waals surface area contributed by atoms with Gasteiger partial charge in [0.2, 0.25) is 0 Å². The summed E-state index contributed by atoms with van der Waals surface area (Å²) in [5.74, 6) is 0. The van der Waals surface area contributed by atoms with Crippen molar-refractivity contribution in [2.75, 3.05) is 33.1 Å². The van der Waals surface area contributed by atoms with Gasteiger partial charge in [0.15, 0.2) is 6.29 Å². The third-order valence-corrected chi connectivity index (χ3v) is 5.33. The van der Waals surface area contributed by atoms with Crippen molar-refractivity contribution in [1.29, 1.82) is 0 Å². The summed E-state index contributed by atoms with van der Waals surface area (Å²) >= 11 is 0. The maximum atomic E-state index is 10.8. The van der Waals surface area contributed by atoms with E-state index in [1.807, 2.05) is 6.66 Å². The fourth-order valence-electron chi connectivity index (χ4n) is 2.85. The molecule has 4 unspecified atom stereocenters. The van der Waals surface area contributed by atoms with Gasteiger partial charge in [0, 0.05) is 27.7 Å². The third kappa shape index (κ3) is 9.78. The summed E-state index contributed by atoms with van der Waals surface area (Å²) < 4.78 is 29.9. The number of hydrogen-bond acceptors (Lipinski definition) is 6. The van der Waals surface area contributed by atoms with Crippen molar-refractivity contribution in [3.05, 3.63) is 0 Å². The fourth-order valence-corrected chi connectivity index (χ4v) is 3.71. The van der Waals surface area contributed by atoms with Gasteiger partial charge < -0.3 is 28.6 Å². The Hall–Kier alpha value is 0.620. The average molecular weight is 426 g/mol. The number of aliphatic hydroxyl groups is 1. The number of rotatable bonds is 15. The van der Waals surface area contributed by atoms with E-state index in [0.29, 0.717) is 26.4 Å². The van der Waals surface area contributed by atoms with Crippen LogP contribution in [0.1, 0.15) is 59.3 Å². The van der Waals surface area contributed by atoms with Crippen LogP contribution in [-0.2, 0) is 23.5 Å². The highest BCUT2D eigenvalue weighted by Gasteiger charge is 2.47. The van der Waals surface area contributed by atoms with Gasteiger partial charge in [-0.05, 0) is 25.9 Å². The van der Waals surface area contributed by atoms with E-state index in [1.54, 1.807) is 0 Å². The van der Waals surface area contributed by atoms with E-state index >= 15 is 0 Å². The summed E-state index contributed by atoms with van der Waals surface area (Å²) in [6.07, 6.45) is 3.32. The highest BCUT2D eigenvalue weighted by atomic mass is 32.0. The Balaban J connectivity index is 2.85. The maximum Gasteiger partial charge on any atom is 0.190 e. The van der Waals surface area contributed by atoms with Crippen molar-refractivity contribution in [1.82, 2.24) is 0 Å². The zero-order chi connectivity index (χ0) is 20.1. The molecule has 27 heavy (non-hydrogen) atoms. The van der Waals surface area contributed by atoms with Crippen LogP contribution in [0.5, 0.6) is 0 Å². The lowest BCUT2D eigenvalue weighted by molar-refractivity contribution is -0.294. The van der Waals surface area contributed by atoms with E-state index in [4.69, 9.17) is 23.5 Å². The molecule has 1 rings (SSSR count). The molecule has 0 aromatic heterocycles. The minimum absolute atomic E-state index is 0.321. The molecule has 162 valence electrons. The molecule has 1 fully saturated rings. The molecule has 1 aliphatic rings. The Labute approximate surface area is 168 Å². The van der Waals surface area contributed by atoms with E-state index in [1.165, 1.54) is 0 Å². The number of unbranched alkanes of at least 4 members (excludes halogenated alkanes) is 3. The number of aliphatic hydroxyl groups excluding tert-OH is 1. The quantitative estimate of drug-likeness (QED) is 0.314. The van der Waals surface area contributed by atoms with Gasteiger partial charge in [0.1, 0.15) is 24.4 Å². The smallest absolute Gasteiger partial charge is 0.190 e. The molecule has 6 nitrogen and oxygen atoms in total. The van der Waals surface area contributed by atoms with Crippen LogP contribution >= 0.6 is 16.8 Å². The predicted molar refractivity (Wildman–Crippen MR) is 113 cm³/mol. The van der Waals surface area contributed by atoms with Crippen LogP contribution in [0.3, 0.4) is 0 Å². The zero-order valence-electron chi connectivity index (χ0n) is 17.5. The second kappa shape index (κ2) is 15.5. The van der Waals surface area contributed by atoms with Gasteiger partial charge in [0.25, 0.3) is 0 Å². The van der Waals surface area contributed by atoms with Crippen molar-refractivity contribution in [3.8, 4) is 0 Å². The summed E-state index contributed by atoms with van der Waals surface area (Å²) in [6, 6.07) is 0. The summed E-state index contributed by atoms with van der Waals surface area (Å²) in [5, 5.41) is 10.8. The summed E-state index contributed by atoms with van der Waals surface area (Å²) in [6.45, 7) is 10.6. The molecule has 0 amide bonds. The fraction of sp³-hybridized carbons (Fsp3) is 1.00. The molecule has 0 radical (unpaired) electrons. The minimum Gasteiger partial charge on any atom is -0.385 e. The molecule has 0 aromatic rings. The highest BCUT2D eigenvalue weighted by Crippen LogP contribution is 2.44. The van der Waals surface area contributed by atoms with E-state index < -0.39 is 26.3 Å². The Morgan fingerprint density at radius 1 is 0.926 bits per heavy atom. The first-order valence-corrected chi connectivity index (χ1v) is 13.7. The lowest BCUT2D eigenvalue weighted by Gasteiger charge is -2.44. The first-order chi connectivity index (χ1) is 13.0. The van der Waals surface area contributed by atoms with Crippen LogP contribution < -0.4 is 0 Å². The van der Waals surface area contributed by atoms with Crippen LogP contribution in [0.15, 0.2) is 0 Å². The van der Waals surface area contributed by atoms with Gasteiger partial charge in [-0.1, -0.05) is 49.0 Å². The molecule has 1 heterocycles. The zero-order valence-corrected chi connectivity index (χ0v) is 19.5. The topological polar surface area (TPSA) is 66.4 Å². The van der Waals surface area contributed by atoms with Crippen molar-refractivity contribution in [2.45, 2.75) is 90.0 Å². The average Bonchev–Trinajstić information content (AvgIpc) is 2.63. The molecular weight excluding hydrogens is 386 g/mol. The van der Waals surface area contributed by atoms with Crippen molar-refractivity contribution < 1.29 is 28.6 Å². The van der Waals surface area contributed by atoms with Crippen LogP contribution in [0.25, 0.3) is 0 Å². The van der Waals surface area contributed by atoms with Gasteiger partial charge >= 0.3 is 0 Å². The van der Waals surface area contributed by atoms with Crippen LogP contribution in [0, 0.1) is 0 Å². The summed E-state index contributed by atoms with van der Waals surface area (Å²) in [5.41, 5.74) is 0. The van der Waals surface area contributed by atoms with Gasteiger partial charge in [-0.15, -0.1) is 0 Å². The lowest BCUT2D eigenvalue weighted by Crippen LogP contribution is -2.61. The highest BCUT2D eigenvalue weighted by molar-refractivity contribution is 8.10. The molecule has 1 saturated heterocycles. The van der Waals surface area contributed by atoms with E-state index in [-0.39, 0.29) is 12.2 Å². The molecule has 0 aromatic carbocycles. The molecule has 0 saturated carbocycles. The monoisotopic (exact) mass is 426 g/mol. The van der Waals surface area contributed by atoms with Gasteiger partial charge in [0.05, 0.1) is 6.61 Å². The molecule has 1 N–H and O–H groups in total. The standard InChI is InChI=1S/C19H40O6P2/c1-5-8-11-21-14-15-17(22-12-9-6-2)18(23-13-10-7-3)16(20)19(24-15)25-27(4)26/h15-20H,5-14,26H2,1-4H3/t15?,16?,17-,18-,19-,27?/m1/s1. The maximum absolute atomic E-state index is 10.8. The largest absolute Gasteiger partial charge is 0.385 e. The Bertz CT molecular complexity index is 361. The van der Waals surface area contributed by atoms with Crippen molar-refractivity contribution in [2.24, 2.45) is 0 Å². The van der Waals surface area contributed by atoms with Gasteiger partial charge in [-0.3, -0.25) is 0 Å². The Morgan fingerprint density at radius 3 is 2.04 bits per heavy atom. The SMILES string of the molecule is CCCCOCC1O[C@H](OP(C)P)C(O)[C@@H](OCCCC)[C@@H]1OCCCC.